The third-order valence-corrected chi connectivity index (χ3v) is 6.88. The molecule has 1 amide bonds. The van der Waals surface area contributed by atoms with Gasteiger partial charge in [0.25, 0.3) is 0 Å². The largest absolute Gasteiger partial charge is 0.495 e. The molecule has 1 aromatic heterocycles. The molecule has 31 heavy (non-hydrogen) atoms. The maximum atomic E-state index is 14.0. The van der Waals surface area contributed by atoms with Crippen molar-refractivity contribution in [3.63, 3.8) is 0 Å². The molecule has 2 fully saturated rings. The van der Waals surface area contributed by atoms with Gasteiger partial charge in [-0.1, -0.05) is 37.5 Å². The Labute approximate surface area is 185 Å². The maximum Gasteiger partial charge on any atom is 0.248 e. The highest BCUT2D eigenvalue weighted by molar-refractivity contribution is 5.99. The van der Waals surface area contributed by atoms with E-state index in [1.54, 1.807) is 13.3 Å². The Morgan fingerprint density at radius 3 is 2.39 bits per heavy atom. The zero-order valence-electron chi connectivity index (χ0n) is 18.8. The van der Waals surface area contributed by atoms with Gasteiger partial charge in [0.05, 0.1) is 12.8 Å². The topological polar surface area (TPSA) is 48.9 Å². The number of piperazine rings is 1. The number of ether oxygens (including phenoxy) is 1. The van der Waals surface area contributed by atoms with Crippen molar-refractivity contribution >= 4 is 17.4 Å². The Morgan fingerprint density at radius 2 is 1.74 bits per heavy atom. The maximum absolute atomic E-state index is 14.0. The first-order valence-corrected chi connectivity index (χ1v) is 11.6. The summed E-state index contributed by atoms with van der Waals surface area (Å²) in [5.74, 6) is 1.89. The number of nitrogens with zero attached hydrogens (tertiary/aromatic N) is 4. The molecule has 2 aromatic rings. The second-order valence-electron chi connectivity index (χ2n) is 8.48. The van der Waals surface area contributed by atoms with E-state index < -0.39 is 5.54 Å². The van der Waals surface area contributed by atoms with Crippen LogP contribution in [-0.2, 0) is 4.79 Å². The Bertz CT molecular complexity index is 859. The van der Waals surface area contributed by atoms with Crippen molar-refractivity contribution in [1.82, 2.24) is 9.88 Å². The van der Waals surface area contributed by atoms with Gasteiger partial charge in [-0.15, -0.1) is 0 Å². The first-order chi connectivity index (χ1) is 15.2. The molecule has 1 saturated heterocycles. The number of anilines is 2. The Morgan fingerprint density at radius 1 is 1.03 bits per heavy atom. The fourth-order valence-electron chi connectivity index (χ4n) is 5.24. The lowest BCUT2D eigenvalue weighted by Crippen LogP contribution is -2.65. The lowest BCUT2D eigenvalue weighted by Gasteiger charge is -2.50. The molecule has 0 atom stereocenters. The van der Waals surface area contributed by atoms with Crippen molar-refractivity contribution in [2.24, 2.45) is 0 Å². The average molecular weight is 423 g/mol. The van der Waals surface area contributed by atoms with E-state index in [9.17, 15) is 4.79 Å². The fraction of sp³-hybridized carbons (Fsp3) is 0.520. The molecule has 0 spiro atoms. The van der Waals surface area contributed by atoms with E-state index in [4.69, 9.17) is 4.74 Å². The minimum atomic E-state index is -0.418. The smallest absolute Gasteiger partial charge is 0.248 e. The summed E-state index contributed by atoms with van der Waals surface area (Å²) < 4.78 is 5.57. The van der Waals surface area contributed by atoms with E-state index in [0.29, 0.717) is 6.54 Å². The monoisotopic (exact) mass is 422 g/mol. The van der Waals surface area contributed by atoms with Crippen molar-refractivity contribution < 1.29 is 9.53 Å². The van der Waals surface area contributed by atoms with Gasteiger partial charge in [-0.2, -0.15) is 0 Å². The van der Waals surface area contributed by atoms with E-state index in [1.165, 1.54) is 6.42 Å². The molecule has 1 aliphatic heterocycles. The molecule has 0 bridgehead atoms. The van der Waals surface area contributed by atoms with Crippen LogP contribution >= 0.6 is 0 Å². The van der Waals surface area contributed by atoms with Gasteiger partial charge in [-0.25, -0.2) is 4.98 Å². The highest BCUT2D eigenvalue weighted by Crippen LogP contribution is 2.38. The molecular formula is C25H34N4O2. The second-order valence-corrected chi connectivity index (χ2v) is 8.48. The summed E-state index contributed by atoms with van der Waals surface area (Å²) >= 11 is 0. The number of hydrogen-bond donors (Lipinski definition) is 0. The number of rotatable bonds is 6. The molecule has 2 heterocycles. The molecule has 1 aromatic carbocycles. The van der Waals surface area contributed by atoms with Crippen LogP contribution in [0.4, 0.5) is 11.5 Å². The Balaban J connectivity index is 1.55. The predicted molar refractivity (Wildman–Crippen MR) is 125 cm³/mol. The molecule has 2 aliphatic rings. The van der Waals surface area contributed by atoms with Gasteiger partial charge in [-0.3, -0.25) is 14.6 Å². The van der Waals surface area contributed by atoms with Crippen molar-refractivity contribution in [2.75, 3.05) is 49.6 Å². The summed E-state index contributed by atoms with van der Waals surface area (Å²) in [6.45, 7) is 6.23. The van der Waals surface area contributed by atoms with E-state index in [0.717, 1.165) is 69.1 Å². The molecule has 6 heteroatoms. The molecule has 1 aliphatic carbocycles. The number of carbonyl (C=O) groups excluding carboxylic acids is 1. The van der Waals surface area contributed by atoms with Gasteiger partial charge in [-0.05, 0) is 44.0 Å². The van der Waals surface area contributed by atoms with Crippen LogP contribution in [0.3, 0.4) is 0 Å². The second kappa shape index (κ2) is 9.69. The van der Waals surface area contributed by atoms with Gasteiger partial charge >= 0.3 is 0 Å². The van der Waals surface area contributed by atoms with Gasteiger partial charge in [0.2, 0.25) is 5.91 Å². The number of hydrogen-bond acceptors (Lipinski definition) is 5. The molecule has 0 N–H and O–H groups in total. The molecular weight excluding hydrogens is 388 g/mol. The number of pyridine rings is 1. The van der Waals surface area contributed by atoms with Crippen LogP contribution in [-0.4, -0.2) is 61.2 Å². The molecule has 0 unspecified atom stereocenters. The summed E-state index contributed by atoms with van der Waals surface area (Å²) in [6, 6.07) is 14.0. The third kappa shape index (κ3) is 4.26. The summed E-state index contributed by atoms with van der Waals surface area (Å²) in [7, 11) is 1.72. The van der Waals surface area contributed by atoms with Gasteiger partial charge in [0, 0.05) is 38.9 Å². The highest BCUT2D eigenvalue weighted by Gasteiger charge is 2.47. The minimum Gasteiger partial charge on any atom is -0.495 e. The number of methoxy groups -OCH3 is 1. The standard InChI is InChI=1S/C25H34N4O2/c1-3-29(23-13-7-10-16-26-23)24(30)25(14-8-4-9-15-25)28-19-17-27(18-20-28)21-11-5-6-12-22(21)31-2/h5-7,10-13,16H,3-4,8-9,14-15,17-20H2,1-2H3. The number of benzene rings is 1. The number of amides is 1. The zero-order chi connectivity index (χ0) is 21.7. The minimum absolute atomic E-state index is 0.221. The van der Waals surface area contributed by atoms with E-state index in [1.807, 2.05) is 42.2 Å². The van der Waals surface area contributed by atoms with E-state index >= 15 is 0 Å². The van der Waals surface area contributed by atoms with Gasteiger partial charge < -0.3 is 9.64 Å². The SMILES string of the molecule is CCN(C(=O)C1(N2CCN(c3ccccc3OC)CC2)CCCCC1)c1ccccn1. The van der Waals surface area contributed by atoms with Crippen LogP contribution in [0.25, 0.3) is 0 Å². The first-order valence-electron chi connectivity index (χ1n) is 11.6. The highest BCUT2D eigenvalue weighted by atomic mass is 16.5. The Kier molecular flexibility index (Phi) is 6.76. The summed E-state index contributed by atoms with van der Waals surface area (Å²) in [5, 5.41) is 0. The number of carbonyl (C=O) groups is 1. The predicted octanol–water partition coefficient (Wildman–Crippen LogP) is 3.97. The lowest BCUT2D eigenvalue weighted by molar-refractivity contribution is -0.133. The van der Waals surface area contributed by atoms with Crippen LogP contribution in [0.2, 0.25) is 0 Å². The molecule has 166 valence electrons. The summed E-state index contributed by atoms with van der Waals surface area (Å²) in [6.07, 6.45) is 7.07. The normalized spacial score (nSPS) is 19.1. The van der Waals surface area contributed by atoms with Crippen LogP contribution in [0.5, 0.6) is 5.75 Å². The molecule has 6 nitrogen and oxygen atoms in total. The summed E-state index contributed by atoms with van der Waals surface area (Å²) in [5.41, 5.74) is 0.718. The van der Waals surface area contributed by atoms with Gasteiger partial charge in [0.15, 0.2) is 0 Å². The third-order valence-electron chi connectivity index (χ3n) is 6.88. The summed E-state index contributed by atoms with van der Waals surface area (Å²) in [4.78, 5) is 25.2. The number of likely N-dealkylation sites (N-methyl/N-ethyl adjacent to an activating group) is 1. The fourth-order valence-corrected chi connectivity index (χ4v) is 5.24. The average Bonchev–Trinajstić information content (AvgIpc) is 2.85. The number of para-hydroxylation sites is 2. The Hall–Kier alpha value is -2.60. The van der Waals surface area contributed by atoms with E-state index in [2.05, 4.69) is 26.9 Å². The van der Waals surface area contributed by atoms with Crippen molar-refractivity contribution in [3.05, 3.63) is 48.7 Å². The molecule has 4 rings (SSSR count). The zero-order valence-corrected chi connectivity index (χ0v) is 18.8. The first kappa shape index (κ1) is 21.6. The van der Waals surface area contributed by atoms with Crippen molar-refractivity contribution in [2.45, 2.75) is 44.6 Å². The van der Waals surface area contributed by atoms with Crippen LogP contribution < -0.4 is 14.5 Å². The number of aromatic nitrogens is 1. The van der Waals surface area contributed by atoms with Crippen LogP contribution in [0.15, 0.2) is 48.7 Å². The van der Waals surface area contributed by atoms with Crippen molar-refractivity contribution in [1.29, 1.82) is 0 Å². The van der Waals surface area contributed by atoms with Crippen molar-refractivity contribution in [3.8, 4) is 5.75 Å². The quantitative estimate of drug-likeness (QED) is 0.705. The molecule has 1 saturated carbocycles. The van der Waals surface area contributed by atoms with Crippen LogP contribution in [0.1, 0.15) is 39.0 Å². The van der Waals surface area contributed by atoms with Crippen LogP contribution in [0, 0.1) is 0 Å². The van der Waals surface area contributed by atoms with E-state index in [-0.39, 0.29) is 5.91 Å². The lowest BCUT2D eigenvalue weighted by atomic mass is 9.78. The molecule has 0 radical (unpaired) electrons. The van der Waals surface area contributed by atoms with Gasteiger partial charge in [0.1, 0.15) is 17.1 Å².